The third-order valence-corrected chi connectivity index (χ3v) is 1.29. The highest BCUT2D eigenvalue weighted by molar-refractivity contribution is 6.31. The van der Waals surface area contributed by atoms with E-state index in [2.05, 4.69) is 23.8 Å². The minimum Gasteiger partial charge on any atom is -0.291 e. The van der Waals surface area contributed by atoms with Gasteiger partial charge in [-0.1, -0.05) is 19.9 Å². The normalized spacial score (nSPS) is 14.1. The maximum absolute atomic E-state index is 4.09. The second-order valence-corrected chi connectivity index (χ2v) is 2.56. The zero-order valence-electron chi connectivity index (χ0n) is 7.70. The van der Waals surface area contributed by atoms with Crippen molar-refractivity contribution < 1.29 is 0 Å². The Morgan fingerprint density at radius 3 is 2.36 bits per heavy atom. The molecule has 0 heterocycles. The Morgan fingerprint density at radius 1 is 1.36 bits per heavy atom. The van der Waals surface area contributed by atoms with Crippen LogP contribution >= 0.6 is 0 Å². The Bertz CT molecular complexity index is 176. The van der Waals surface area contributed by atoms with Crippen LogP contribution in [0.5, 0.6) is 0 Å². The number of nitrogens with zero attached hydrogens (tertiary/aromatic N) is 2. The first-order chi connectivity index (χ1) is 5.22. The zero-order chi connectivity index (χ0) is 8.69. The first-order valence-electron chi connectivity index (χ1n) is 3.83. The van der Waals surface area contributed by atoms with E-state index in [1.54, 1.807) is 19.5 Å². The summed E-state index contributed by atoms with van der Waals surface area (Å²) in [5.41, 5.74) is 1.03. The quantitative estimate of drug-likeness (QED) is 0.554. The van der Waals surface area contributed by atoms with Crippen molar-refractivity contribution >= 4 is 11.9 Å². The van der Waals surface area contributed by atoms with Crippen molar-refractivity contribution in [2.45, 2.75) is 20.8 Å². The molecule has 0 saturated carbocycles. The van der Waals surface area contributed by atoms with Crippen LogP contribution in [0.2, 0.25) is 0 Å². The molecule has 11 heavy (non-hydrogen) atoms. The van der Waals surface area contributed by atoms with Gasteiger partial charge in [0.1, 0.15) is 0 Å². The molecule has 0 saturated heterocycles. The van der Waals surface area contributed by atoms with Crippen molar-refractivity contribution in [2.75, 3.05) is 7.05 Å². The van der Waals surface area contributed by atoms with Crippen LogP contribution < -0.4 is 0 Å². The van der Waals surface area contributed by atoms with Crippen molar-refractivity contribution in [3.8, 4) is 0 Å². The molecule has 0 aliphatic rings. The van der Waals surface area contributed by atoms with Crippen LogP contribution in [0.3, 0.4) is 0 Å². The molecule has 0 fully saturated rings. The van der Waals surface area contributed by atoms with Crippen LogP contribution in [-0.2, 0) is 0 Å². The van der Waals surface area contributed by atoms with Crippen molar-refractivity contribution in [2.24, 2.45) is 15.9 Å². The molecule has 0 unspecified atom stereocenters. The van der Waals surface area contributed by atoms with Gasteiger partial charge in [-0.05, 0) is 12.8 Å². The minimum atomic E-state index is 0.453. The lowest BCUT2D eigenvalue weighted by atomic mass is 10.1. The highest BCUT2D eigenvalue weighted by Crippen LogP contribution is 1.94. The van der Waals surface area contributed by atoms with E-state index in [0.29, 0.717) is 5.92 Å². The zero-order valence-corrected chi connectivity index (χ0v) is 7.70. The SMILES string of the molecule is C/C=C\N=CC(=NC)C(C)C. The van der Waals surface area contributed by atoms with Crippen LogP contribution in [0.25, 0.3) is 0 Å². The molecule has 0 N–H and O–H groups in total. The summed E-state index contributed by atoms with van der Waals surface area (Å²) >= 11 is 0. The summed E-state index contributed by atoms with van der Waals surface area (Å²) in [6, 6.07) is 0. The highest BCUT2D eigenvalue weighted by atomic mass is 14.7. The van der Waals surface area contributed by atoms with E-state index < -0.39 is 0 Å². The molecule has 0 aromatic carbocycles. The summed E-state index contributed by atoms with van der Waals surface area (Å²) in [4.78, 5) is 8.14. The molecular weight excluding hydrogens is 136 g/mol. The van der Waals surface area contributed by atoms with Gasteiger partial charge < -0.3 is 0 Å². The number of allylic oxidation sites excluding steroid dienone is 1. The van der Waals surface area contributed by atoms with Crippen molar-refractivity contribution in [3.63, 3.8) is 0 Å². The Hall–Kier alpha value is -0.920. The van der Waals surface area contributed by atoms with E-state index >= 15 is 0 Å². The van der Waals surface area contributed by atoms with Crippen molar-refractivity contribution in [3.05, 3.63) is 12.3 Å². The number of aliphatic imine (C=N–C) groups is 2. The fourth-order valence-corrected chi connectivity index (χ4v) is 0.670. The monoisotopic (exact) mass is 152 g/mol. The maximum Gasteiger partial charge on any atom is 0.0552 e. The van der Waals surface area contributed by atoms with Gasteiger partial charge >= 0.3 is 0 Å². The topological polar surface area (TPSA) is 24.7 Å². The third-order valence-electron chi connectivity index (χ3n) is 1.29. The number of rotatable bonds is 3. The average Bonchev–Trinajstić information content (AvgIpc) is 1.97. The molecule has 2 nitrogen and oxygen atoms in total. The van der Waals surface area contributed by atoms with E-state index in [1.807, 2.05) is 13.0 Å². The maximum atomic E-state index is 4.09. The largest absolute Gasteiger partial charge is 0.291 e. The Labute approximate surface area is 68.8 Å². The lowest BCUT2D eigenvalue weighted by Crippen LogP contribution is -2.08. The van der Waals surface area contributed by atoms with E-state index in [-0.39, 0.29) is 0 Å². The molecule has 2 heteroatoms. The molecule has 0 bridgehead atoms. The molecule has 62 valence electrons. The van der Waals surface area contributed by atoms with Gasteiger partial charge in [0.2, 0.25) is 0 Å². The first kappa shape index (κ1) is 10.1. The van der Waals surface area contributed by atoms with E-state index in [1.165, 1.54) is 0 Å². The van der Waals surface area contributed by atoms with Crippen LogP contribution in [0.4, 0.5) is 0 Å². The number of hydrogen-bond donors (Lipinski definition) is 0. The molecule has 0 aromatic rings. The van der Waals surface area contributed by atoms with Gasteiger partial charge in [-0.3, -0.25) is 9.98 Å². The Kier molecular flexibility index (Phi) is 5.35. The fourth-order valence-electron chi connectivity index (χ4n) is 0.670. The van der Waals surface area contributed by atoms with E-state index in [0.717, 1.165) is 5.71 Å². The van der Waals surface area contributed by atoms with Crippen molar-refractivity contribution in [1.29, 1.82) is 0 Å². The summed E-state index contributed by atoms with van der Waals surface area (Å²) < 4.78 is 0. The van der Waals surface area contributed by atoms with Gasteiger partial charge in [-0.15, -0.1) is 0 Å². The molecular formula is C9H16N2. The third kappa shape index (κ3) is 4.48. The lowest BCUT2D eigenvalue weighted by molar-refractivity contribution is 0.893. The van der Waals surface area contributed by atoms with Gasteiger partial charge in [0.25, 0.3) is 0 Å². The predicted molar refractivity (Wildman–Crippen MR) is 51.5 cm³/mol. The predicted octanol–water partition coefficient (Wildman–Crippen LogP) is 2.32. The smallest absolute Gasteiger partial charge is 0.0552 e. The molecule has 0 aromatic heterocycles. The molecule has 0 atom stereocenters. The van der Waals surface area contributed by atoms with Crippen LogP contribution in [-0.4, -0.2) is 19.0 Å². The van der Waals surface area contributed by atoms with Crippen molar-refractivity contribution in [1.82, 2.24) is 0 Å². The molecule has 0 radical (unpaired) electrons. The Balaban J connectivity index is 4.10. The summed E-state index contributed by atoms with van der Waals surface area (Å²) in [6.45, 7) is 6.14. The van der Waals surface area contributed by atoms with E-state index in [9.17, 15) is 0 Å². The van der Waals surface area contributed by atoms with Crippen LogP contribution in [0.1, 0.15) is 20.8 Å². The highest BCUT2D eigenvalue weighted by Gasteiger charge is 1.98. The Morgan fingerprint density at radius 2 is 2.00 bits per heavy atom. The summed E-state index contributed by atoms with van der Waals surface area (Å²) in [6.07, 6.45) is 5.45. The fraction of sp³-hybridized carbons (Fsp3) is 0.556. The molecule has 0 amide bonds. The van der Waals surface area contributed by atoms with Gasteiger partial charge in [-0.25, -0.2) is 0 Å². The standard InChI is InChI=1S/C9H16N2/c1-5-6-11-7-9(10-4)8(2)3/h5-8H,1-4H3/b6-5-,10-9?,11-7?. The van der Waals surface area contributed by atoms with E-state index in [4.69, 9.17) is 0 Å². The summed E-state index contributed by atoms with van der Waals surface area (Å²) in [5.74, 6) is 0.453. The van der Waals surface area contributed by atoms with Gasteiger partial charge in [0.15, 0.2) is 0 Å². The van der Waals surface area contributed by atoms with Gasteiger partial charge in [0.05, 0.1) is 5.71 Å². The van der Waals surface area contributed by atoms with Gasteiger partial charge in [-0.2, -0.15) is 0 Å². The second-order valence-electron chi connectivity index (χ2n) is 2.56. The molecule has 0 rings (SSSR count). The summed E-state index contributed by atoms with van der Waals surface area (Å²) in [7, 11) is 1.79. The summed E-state index contributed by atoms with van der Waals surface area (Å²) in [5, 5.41) is 0. The average molecular weight is 152 g/mol. The lowest BCUT2D eigenvalue weighted by Gasteiger charge is -2.00. The van der Waals surface area contributed by atoms with Gasteiger partial charge in [0, 0.05) is 19.5 Å². The second kappa shape index (κ2) is 5.83. The molecule has 0 spiro atoms. The molecule has 0 aliphatic carbocycles. The van der Waals surface area contributed by atoms with Crippen LogP contribution in [0, 0.1) is 5.92 Å². The first-order valence-corrected chi connectivity index (χ1v) is 3.83. The minimum absolute atomic E-state index is 0.453. The van der Waals surface area contributed by atoms with Crippen LogP contribution in [0.15, 0.2) is 22.3 Å². The number of hydrogen-bond acceptors (Lipinski definition) is 2. The molecule has 0 aliphatic heterocycles.